The van der Waals surface area contributed by atoms with E-state index in [1.54, 1.807) is 0 Å². The lowest BCUT2D eigenvalue weighted by Gasteiger charge is -2.32. The highest BCUT2D eigenvalue weighted by Gasteiger charge is 2.36. The summed E-state index contributed by atoms with van der Waals surface area (Å²) in [6, 6.07) is -5.09. The summed E-state index contributed by atoms with van der Waals surface area (Å²) in [6.45, 7) is -0.394. The van der Waals surface area contributed by atoms with Gasteiger partial charge in [-0.25, -0.2) is 0 Å². The number of nitrogens with one attached hydrogen (secondary N) is 4. The number of carbonyl (C=O) groups is 7. The van der Waals surface area contributed by atoms with Gasteiger partial charge < -0.3 is 48.5 Å². The molecule has 2 aliphatic rings. The highest BCUT2D eigenvalue weighted by atomic mass is 16.4. The molecule has 2 rings (SSSR count). The monoisotopic (exact) mass is 609 g/mol. The Morgan fingerprint density at radius 1 is 0.884 bits per heavy atom. The van der Waals surface area contributed by atoms with Crippen LogP contribution in [-0.2, 0) is 33.6 Å². The first-order valence-corrected chi connectivity index (χ1v) is 14.3. The number of nitrogens with zero attached hydrogens (tertiary/aromatic N) is 2. The van der Waals surface area contributed by atoms with Crippen LogP contribution in [0.1, 0.15) is 64.2 Å². The van der Waals surface area contributed by atoms with Gasteiger partial charge in [0.15, 0.2) is 5.96 Å². The molecule has 43 heavy (non-hydrogen) atoms. The van der Waals surface area contributed by atoms with Crippen molar-refractivity contribution in [3.63, 3.8) is 0 Å². The van der Waals surface area contributed by atoms with Gasteiger partial charge in [-0.05, 0) is 38.0 Å². The summed E-state index contributed by atoms with van der Waals surface area (Å²) in [7, 11) is 1.31. The van der Waals surface area contributed by atoms with Crippen molar-refractivity contribution in [2.45, 2.75) is 88.4 Å². The average molecular weight is 610 g/mol. The minimum atomic E-state index is -1.56. The van der Waals surface area contributed by atoms with Crippen LogP contribution in [0.5, 0.6) is 0 Å². The molecule has 1 saturated carbocycles. The van der Waals surface area contributed by atoms with E-state index in [9.17, 15) is 38.7 Å². The number of likely N-dealkylation sites (N-methyl/N-ethyl adjacent to an activating group) is 1. The van der Waals surface area contributed by atoms with E-state index in [4.69, 9.17) is 17.2 Å². The number of carbonyl (C=O) groups excluding carboxylic acids is 6. The molecule has 0 spiro atoms. The quantitative estimate of drug-likeness (QED) is 0.0773. The van der Waals surface area contributed by atoms with Crippen LogP contribution < -0.4 is 38.5 Å². The molecule has 0 aromatic rings. The number of amides is 6. The van der Waals surface area contributed by atoms with E-state index in [1.165, 1.54) is 7.05 Å². The molecule has 4 atom stereocenters. The SMILES string of the molecule is CN1CC(=O)N[C@@H](CC(=O)O)C(=O)N[C@@H](C2CCCCC2)C(=O)N[C@H](C(N)=O)CCC(=O)N[C@@H](CCCN=C(N)N)C1=O. The Hall–Kier alpha value is -4.44. The molecule has 0 aromatic carbocycles. The molecular formula is C26H43N9O8. The first-order chi connectivity index (χ1) is 20.3. The molecule has 6 amide bonds. The molecule has 1 heterocycles. The number of primary amides is 1. The van der Waals surface area contributed by atoms with Crippen molar-refractivity contribution in [1.82, 2.24) is 26.2 Å². The van der Waals surface area contributed by atoms with Gasteiger partial charge in [-0.1, -0.05) is 19.3 Å². The number of aliphatic imine (C=N–C) groups is 1. The van der Waals surface area contributed by atoms with Gasteiger partial charge in [-0.15, -0.1) is 0 Å². The van der Waals surface area contributed by atoms with Crippen LogP contribution >= 0.6 is 0 Å². The van der Waals surface area contributed by atoms with Crippen LogP contribution in [0.25, 0.3) is 0 Å². The first kappa shape index (κ1) is 34.8. The number of aliphatic carboxylic acids is 1. The molecule has 17 nitrogen and oxygen atoms in total. The minimum Gasteiger partial charge on any atom is -0.481 e. The summed E-state index contributed by atoms with van der Waals surface area (Å²) in [5.74, 6) is -6.48. The van der Waals surface area contributed by atoms with Crippen molar-refractivity contribution in [2.24, 2.45) is 28.1 Å². The zero-order chi connectivity index (χ0) is 32.1. The van der Waals surface area contributed by atoms with E-state index in [0.717, 1.165) is 24.2 Å². The summed E-state index contributed by atoms with van der Waals surface area (Å²) in [5, 5.41) is 19.4. The number of rotatable bonds is 8. The largest absolute Gasteiger partial charge is 0.481 e. The maximum atomic E-state index is 13.4. The Labute approximate surface area is 249 Å². The van der Waals surface area contributed by atoms with Gasteiger partial charge in [0.2, 0.25) is 35.4 Å². The van der Waals surface area contributed by atoms with E-state index in [-0.39, 0.29) is 44.1 Å². The molecule has 0 bridgehead atoms. The Balaban J connectivity index is 2.40. The van der Waals surface area contributed by atoms with Gasteiger partial charge in [-0.3, -0.25) is 38.6 Å². The van der Waals surface area contributed by atoms with E-state index >= 15 is 0 Å². The highest BCUT2D eigenvalue weighted by molar-refractivity contribution is 5.97. The summed E-state index contributed by atoms with van der Waals surface area (Å²) >= 11 is 0. The average Bonchev–Trinajstić information content (AvgIpc) is 2.93. The standard InChI is InChI=1S/C26H43N9O8/c1-35-13-19(37)32-17(12-20(38)39)23(41)34-21(14-6-3-2-4-7-14)24(42)33-15(22(27)40)9-10-18(36)31-16(25(35)43)8-5-11-30-26(28)29/h14-17,21H,2-13H2,1H3,(H2,27,40)(H,31,36)(H,32,37)(H,33,42)(H,34,41)(H,38,39)(H4,28,29,30)/t15-,16-,17-,21-/m0/s1. The predicted molar refractivity (Wildman–Crippen MR) is 153 cm³/mol. The van der Waals surface area contributed by atoms with Gasteiger partial charge in [0.1, 0.15) is 24.2 Å². The Bertz CT molecular complexity index is 1090. The van der Waals surface area contributed by atoms with Crippen molar-refractivity contribution in [2.75, 3.05) is 20.1 Å². The summed E-state index contributed by atoms with van der Waals surface area (Å²) in [6.07, 6.45) is 2.85. The van der Waals surface area contributed by atoms with Crippen LogP contribution in [0.15, 0.2) is 4.99 Å². The maximum absolute atomic E-state index is 13.4. The number of nitrogens with two attached hydrogens (primary N) is 3. The van der Waals surface area contributed by atoms with Crippen LogP contribution in [0.2, 0.25) is 0 Å². The molecular weight excluding hydrogens is 566 g/mol. The lowest BCUT2D eigenvalue weighted by atomic mass is 9.83. The third kappa shape index (κ3) is 11.8. The second-order valence-corrected chi connectivity index (χ2v) is 10.9. The Kier molecular flexibility index (Phi) is 13.6. The molecule has 1 aliphatic carbocycles. The molecule has 2 fully saturated rings. The Morgan fingerprint density at radius 2 is 1.53 bits per heavy atom. The van der Waals surface area contributed by atoms with Crippen molar-refractivity contribution in [3.8, 4) is 0 Å². The fourth-order valence-electron chi connectivity index (χ4n) is 5.15. The highest BCUT2D eigenvalue weighted by Crippen LogP contribution is 2.27. The second kappa shape index (κ2) is 16.9. The van der Waals surface area contributed by atoms with Crippen LogP contribution in [0.3, 0.4) is 0 Å². The molecule has 0 aromatic heterocycles. The molecule has 1 saturated heterocycles. The molecule has 0 unspecified atom stereocenters. The minimum absolute atomic E-state index is 0.0937. The normalized spacial score (nSPS) is 25.4. The topological polar surface area (TPSA) is 282 Å². The van der Waals surface area contributed by atoms with Crippen LogP contribution in [0.4, 0.5) is 0 Å². The van der Waals surface area contributed by atoms with Crippen LogP contribution in [-0.4, -0.2) is 102 Å². The lowest BCUT2D eigenvalue weighted by Crippen LogP contribution is -2.59. The lowest BCUT2D eigenvalue weighted by molar-refractivity contribution is -0.142. The van der Waals surface area contributed by atoms with Gasteiger partial charge in [0, 0.05) is 20.0 Å². The summed E-state index contributed by atoms with van der Waals surface area (Å²) < 4.78 is 0. The third-order valence-corrected chi connectivity index (χ3v) is 7.39. The predicted octanol–water partition coefficient (Wildman–Crippen LogP) is -3.23. The van der Waals surface area contributed by atoms with Crippen molar-refractivity contribution in [1.29, 1.82) is 0 Å². The number of guanidine groups is 1. The van der Waals surface area contributed by atoms with Gasteiger partial charge in [-0.2, -0.15) is 0 Å². The zero-order valence-electron chi connectivity index (χ0n) is 24.3. The van der Waals surface area contributed by atoms with Crippen molar-refractivity contribution < 1.29 is 38.7 Å². The van der Waals surface area contributed by atoms with E-state index in [0.29, 0.717) is 12.8 Å². The third-order valence-electron chi connectivity index (χ3n) is 7.39. The maximum Gasteiger partial charge on any atom is 0.305 e. The number of carboxylic acid groups (broad SMARTS) is 1. The van der Waals surface area contributed by atoms with E-state index in [2.05, 4.69) is 26.3 Å². The Morgan fingerprint density at radius 3 is 2.14 bits per heavy atom. The molecule has 17 heteroatoms. The number of carboxylic acids is 1. The molecule has 0 radical (unpaired) electrons. The summed E-state index contributed by atoms with van der Waals surface area (Å²) in [4.78, 5) is 94.2. The zero-order valence-corrected chi connectivity index (χ0v) is 24.3. The molecule has 1 aliphatic heterocycles. The van der Waals surface area contributed by atoms with Crippen molar-refractivity contribution in [3.05, 3.63) is 0 Å². The number of hydrogen-bond donors (Lipinski definition) is 8. The van der Waals surface area contributed by atoms with Gasteiger partial charge in [0.25, 0.3) is 0 Å². The van der Waals surface area contributed by atoms with Crippen LogP contribution in [0, 0.1) is 5.92 Å². The molecule has 240 valence electrons. The van der Waals surface area contributed by atoms with E-state index < -0.39 is 78.5 Å². The summed E-state index contributed by atoms with van der Waals surface area (Å²) in [5.41, 5.74) is 16.2. The number of hydrogen-bond acceptors (Lipinski definition) is 8. The smallest absolute Gasteiger partial charge is 0.305 e. The fourth-order valence-corrected chi connectivity index (χ4v) is 5.15. The first-order valence-electron chi connectivity index (χ1n) is 14.3. The fraction of sp³-hybridized carbons (Fsp3) is 0.692. The second-order valence-electron chi connectivity index (χ2n) is 10.9. The molecule has 11 N–H and O–H groups in total. The van der Waals surface area contributed by atoms with Crippen molar-refractivity contribution >= 4 is 47.4 Å². The van der Waals surface area contributed by atoms with Gasteiger partial charge >= 0.3 is 5.97 Å². The van der Waals surface area contributed by atoms with Gasteiger partial charge in [0.05, 0.1) is 13.0 Å². The van der Waals surface area contributed by atoms with E-state index in [1.807, 2.05) is 0 Å².